The lowest BCUT2D eigenvalue weighted by Crippen LogP contribution is -2.31. The first-order valence-electron chi connectivity index (χ1n) is 5.11. The summed E-state index contributed by atoms with van der Waals surface area (Å²) in [5.74, 6) is 0. The summed E-state index contributed by atoms with van der Waals surface area (Å²) in [5.41, 5.74) is 0. The van der Waals surface area contributed by atoms with Gasteiger partial charge in [-0.15, -0.1) is 11.3 Å². The molecule has 0 aliphatic carbocycles. The molecule has 0 saturated carbocycles. The van der Waals surface area contributed by atoms with Crippen molar-refractivity contribution in [3.05, 3.63) is 22.4 Å². The molecule has 3 heteroatoms. The van der Waals surface area contributed by atoms with E-state index in [4.69, 9.17) is 5.11 Å². The molecule has 14 heavy (non-hydrogen) atoms. The quantitative estimate of drug-likeness (QED) is 0.784. The number of nitrogens with zero attached hydrogens (tertiary/aromatic N) is 1. The number of thiophene rings is 1. The van der Waals surface area contributed by atoms with Gasteiger partial charge >= 0.3 is 0 Å². The highest BCUT2D eigenvalue weighted by molar-refractivity contribution is 7.09. The Kier molecular flexibility index (Phi) is 5.15. The summed E-state index contributed by atoms with van der Waals surface area (Å²) in [6, 6.07) is 4.80. The van der Waals surface area contributed by atoms with Crippen LogP contribution in [0.4, 0.5) is 0 Å². The summed E-state index contributed by atoms with van der Waals surface area (Å²) in [6.45, 7) is 6.67. The van der Waals surface area contributed by atoms with Crippen molar-refractivity contribution in [3.63, 3.8) is 0 Å². The van der Waals surface area contributed by atoms with Gasteiger partial charge in [-0.05, 0) is 31.7 Å². The average molecular weight is 213 g/mol. The third-order valence-corrected chi connectivity index (χ3v) is 3.13. The van der Waals surface area contributed by atoms with Crippen molar-refractivity contribution in [2.75, 3.05) is 13.2 Å². The normalized spacial score (nSPS) is 11.5. The fourth-order valence-corrected chi connectivity index (χ4v) is 2.13. The fraction of sp³-hybridized carbons (Fsp3) is 0.636. The van der Waals surface area contributed by atoms with E-state index in [1.54, 1.807) is 11.3 Å². The molecule has 1 rings (SSSR count). The van der Waals surface area contributed by atoms with Crippen LogP contribution in [0.15, 0.2) is 17.5 Å². The van der Waals surface area contributed by atoms with Gasteiger partial charge in [-0.2, -0.15) is 0 Å². The molecule has 0 aliphatic heterocycles. The van der Waals surface area contributed by atoms with Crippen LogP contribution in [0.2, 0.25) is 0 Å². The van der Waals surface area contributed by atoms with Crippen molar-refractivity contribution in [1.29, 1.82) is 0 Å². The second kappa shape index (κ2) is 6.17. The van der Waals surface area contributed by atoms with Gasteiger partial charge < -0.3 is 5.11 Å². The Balaban J connectivity index is 2.43. The molecule has 0 amide bonds. The van der Waals surface area contributed by atoms with Crippen LogP contribution in [0.1, 0.15) is 25.1 Å². The minimum absolute atomic E-state index is 0.285. The molecule has 1 heterocycles. The van der Waals surface area contributed by atoms with E-state index in [9.17, 15) is 0 Å². The Hall–Kier alpha value is -0.380. The van der Waals surface area contributed by atoms with Gasteiger partial charge in [0.15, 0.2) is 0 Å². The van der Waals surface area contributed by atoms with Gasteiger partial charge in [-0.25, -0.2) is 0 Å². The molecular weight excluding hydrogens is 194 g/mol. The summed E-state index contributed by atoms with van der Waals surface area (Å²) in [6.07, 6.45) is 0.865. The molecular formula is C11H19NOS. The molecule has 2 nitrogen and oxygen atoms in total. The third-order valence-electron chi connectivity index (χ3n) is 2.27. The van der Waals surface area contributed by atoms with E-state index in [1.807, 2.05) is 0 Å². The van der Waals surface area contributed by atoms with Crippen molar-refractivity contribution in [2.24, 2.45) is 0 Å². The lowest BCUT2D eigenvalue weighted by molar-refractivity contribution is 0.186. The lowest BCUT2D eigenvalue weighted by atomic mass is 10.2. The van der Waals surface area contributed by atoms with Gasteiger partial charge in [0.2, 0.25) is 0 Å². The zero-order valence-electron chi connectivity index (χ0n) is 8.94. The molecule has 0 unspecified atom stereocenters. The number of hydrogen-bond acceptors (Lipinski definition) is 3. The predicted octanol–water partition coefficient (Wildman–Crippen LogP) is 2.34. The van der Waals surface area contributed by atoms with Crippen LogP contribution >= 0.6 is 11.3 Å². The number of aliphatic hydroxyl groups excluding tert-OH is 1. The van der Waals surface area contributed by atoms with Crippen LogP contribution in [-0.2, 0) is 6.54 Å². The van der Waals surface area contributed by atoms with Gasteiger partial charge in [-0.1, -0.05) is 6.07 Å². The zero-order chi connectivity index (χ0) is 10.4. The Morgan fingerprint density at radius 2 is 2.29 bits per heavy atom. The Morgan fingerprint density at radius 3 is 2.79 bits per heavy atom. The number of hydrogen-bond donors (Lipinski definition) is 1. The molecule has 80 valence electrons. The van der Waals surface area contributed by atoms with Gasteiger partial charge in [0.25, 0.3) is 0 Å². The summed E-state index contributed by atoms with van der Waals surface area (Å²) in [5, 5.41) is 10.9. The highest BCUT2D eigenvalue weighted by Crippen LogP contribution is 2.13. The molecule has 0 aliphatic rings. The number of rotatable bonds is 6. The minimum Gasteiger partial charge on any atom is -0.396 e. The van der Waals surface area contributed by atoms with Gasteiger partial charge in [-0.3, -0.25) is 4.90 Å². The van der Waals surface area contributed by atoms with E-state index >= 15 is 0 Å². The maximum atomic E-state index is 8.80. The van der Waals surface area contributed by atoms with Gasteiger partial charge in [0, 0.05) is 30.6 Å². The molecule has 0 saturated heterocycles. The first-order chi connectivity index (χ1) is 6.74. The van der Waals surface area contributed by atoms with Crippen molar-refractivity contribution >= 4 is 11.3 Å². The first kappa shape index (κ1) is 11.7. The second-order valence-corrected chi connectivity index (χ2v) is 4.75. The fourth-order valence-electron chi connectivity index (χ4n) is 1.40. The molecule has 1 aromatic rings. The van der Waals surface area contributed by atoms with Gasteiger partial charge in [0.1, 0.15) is 0 Å². The highest BCUT2D eigenvalue weighted by atomic mass is 32.1. The smallest absolute Gasteiger partial charge is 0.0443 e. The van der Waals surface area contributed by atoms with Crippen molar-refractivity contribution < 1.29 is 5.11 Å². The van der Waals surface area contributed by atoms with E-state index in [-0.39, 0.29) is 6.61 Å². The molecule has 0 fully saturated rings. The van der Waals surface area contributed by atoms with E-state index < -0.39 is 0 Å². The van der Waals surface area contributed by atoms with Crippen LogP contribution in [0.3, 0.4) is 0 Å². The minimum atomic E-state index is 0.285. The second-order valence-electron chi connectivity index (χ2n) is 3.72. The Morgan fingerprint density at radius 1 is 1.50 bits per heavy atom. The Labute approximate surface area is 90.2 Å². The summed E-state index contributed by atoms with van der Waals surface area (Å²) < 4.78 is 0. The Bertz CT molecular complexity index is 233. The van der Waals surface area contributed by atoms with Crippen LogP contribution in [0.25, 0.3) is 0 Å². The SMILES string of the molecule is CC(C)N(CCCO)Cc1cccs1. The monoisotopic (exact) mass is 213 g/mol. The molecule has 0 aromatic carbocycles. The topological polar surface area (TPSA) is 23.5 Å². The number of aliphatic hydroxyl groups is 1. The summed E-state index contributed by atoms with van der Waals surface area (Å²) in [7, 11) is 0. The van der Waals surface area contributed by atoms with Crippen molar-refractivity contribution in [2.45, 2.75) is 32.9 Å². The van der Waals surface area contributed by atoms with Crippen LogP contribution in [-0.4, -0.2) is 29.2 Å². The summed E-state index contributed by atoms with van der Waals surface area (Å²) in [4.78, 5) is 3.79. The zero-order valence-corrected chi connectivity index (χ0v) is 9.76. The predicted molar refractivity (Wildman–Crippen MR) is 61.6 cm³/mol. The molecule has 0 radical (unpaired) electrons. The van der Waals surface area contributed by atoms with Crippen molar-refractivity contribution in [3.8, 4) is 0 Å². The lowest BCUT2D eigenvalue weighted by Gasteiger charge is -2.25. The van der Waals surface area contributed by atoms with Crippen LogP contribution < -0.4 is 0 Å². The van der Waals surface area contributed by atoms with Crippen molar-refractivity contribution in [1.82, 2.24) is 4.90 Å². The molecule has 0 bridgehead atoms. The third kappa shape index (κ3) is 3.78. The standard InChI is InChI=1S/C11H19NOS/c1-10(2)12(6-4-7-13)9-11-5-3-8-14-11/h3,5,8,10,13H,4,6-7,9H2,1-2H3. The van der Waals surface area contributed by atoms with E-state index in [2.05, 4.69) is 36.3 Å². The molecule has 1 aromatic heterocycles. The molecule has 1 N–H and O–H groups in total. The van der Waals surface area contributed by atoms with Crippen LogP contribution in [0, 0.1) is 0 Å². The highest BCUT2D eigenvalue weighted by Gasteiger charge is 2.09. The molecule has 0 atom stereocenters. The summed E-state index contributed by atoms with van der Waals surface area (Å²) >= 11 is 1.80. The maximum absolute atomic E-state index is 8.80. The first-order valence-corrected chi connectivity index (χ1v) is 5.99. The largest absolute Gasteiger partial charge is 0.396 e. The average Bonchev–Trinajstić information content (AvgIpc) is 2.64. The molecule has 0 spiro atoms. The van der Waals surface area contributed by atoms with Gasteiger partial charge in [0.05, 0.1) is 0 Å². The van der Waals surface area contributed by atoms with E-state index in [0.717, 1.165) is 19.5 Å². The van der Waals surface area contributed by atoms with Crippen LogP contribution in [0.5, 0.6) is 0 Å². The van der Waals surface area contributed by atoms with E-state index in [1.165, 1.54) is 4.88 Å². The van der Waals surface area contributed by atoms with E-state index in [0.29, 0.717) is 6.04 Å². The maximum Gasteiger partial charge on any atom is 0.0443 e.